The van der Waals surface area contributed by atoms with E-state index in [0.717, 1.165) is 31.4 Å². The minimum absolute atomic E-state index is 0.140. The van der Waals surface area contributed by atoms with E-state index in [2.05, 4.69) is 55.9 Å². The number of allylic oxidation sites excluding steroid dienone is 2. The van der Waals surface area contributed by atoms with Gasteiger partial charge in [0.25, 0.3) is 0 Å². The number of aryl methyl sites for hydroxylation is 1. The van der Waals surface area contributed by atoms with Gasteiger partial charge in [0.2, 0.25) is 5.95 Å². The van der Waals surface area contributed by atoms with Gasteiger partial charge in [-0.2, -0.15) is 10.1 Å². The number of nitrogens with one attached hydrogen (secondary N) is 3. The van der Waals surface area contributed by atoms with Crippen LogP contribution in [0.25, 0.3) is 11.2 Å². The highest BCUT2D eigenvalue weighted by Crippen LogP contribution is 2.35. The van der Waals surface area contributed by atoms with Gasteiger partial charge in [-0.05, 0) is 6.42 Å². The number of likely N-dealkylation sites (tertiary alicyclic amines) is 1. The van der Waals surface area contributed by atoms with Crippen molar-refractivity contribution < 1.29 is 9.13 Å². The van der Waals surface area contributed by atoms with Gasteiger partial charge in [0, 0.05) is 56.3 Å². The summed E-state index contributed by atoms with van der Waals surface area (Å²) in [6, 6.07) is 2.21. The third-order valence-corrected chi connectivity index (χ3v) is 7.13. The Bertz CT molecular complexity index is 1480. The van der Waals surface area contributed by atoms with Crippen molar-refractivity contribution in [2.45, 2.75) is 38.6 Å². The molecule has 11 nitrogen and oxygen atoms in total. The molecule has 0 radical (unpaired) electrons. The summed E-state index contributed by atoms with van der Waals surface area (Å²) in [5.41, 5.74) is 2.48. The highest BCUT2D eigenvalue weighted by molar-refractivity contribution is 6.36. The lowest BCUT2D eigenvalue weighted by Gasteiger charge is -2.23. The van der Waals surface area contributed by atoms with Crippen LogP contribution in [0.1, 0.15) is 38.9 Å². The second-order valence-electron chi connectivity index (χ2n) is 10.5. The average molecular weight is 555 g/mol. The summed E-state index contributed by atoms with van der Waals surface area (Å²) in [6.07, 6.45) is 8.28. The van der Waals surface area contributed by atoms with Crippen LogP contribution in [-0.4, -0.2) is 68.0 Å². The fourth-order valence-corrected chi connectivity index (χ4v) is 5.08. The maximum absolute atomic E-state index is 12.9. The molecular weight excluding hydrogens is 523 g/mol. The summed E-state index contributed by atoms with van der Waals surface area (Å²) in [5, 5.41) is 19.3. The molecule has 3 aromatic heterocycles. The number of pyridine rings is 1. The Labute approximate surface area is 230 Å². The van der Waals surface area contributed by atoms with Crippen LogP contribution in [-0.2, 0) is 12.5 Å². The average Bonchev–Trinajstić information content (AvgIpc) is 3.62. The van der Waals surface area contributed by atoms with Gasteiger partial charge in [0.1, 0.15) is 22.9 Å². The minimum atomic E-state index is -0.344. The van der Waals surface area contributed by atoms with Crippen molar-refractivity contribution in [3.63, 3.8) is 0 Å². The van der Waals surface area contributed by atoms with Gasteiger partial charge in [0.05, 0.1) is 24.7 Å². The Morgan fingerprint density at radius 1 is 1.38 bits per heavy atom. The minimum Gasteiger partial charge on any atom is -0.450 e. The fourth-order valence-electron chi connectivity index (χ4n) is 4.78. The molecule has 1 fully saturated rings. The number of ether oxygens (including phenoxy) is 1. The number of hydrogen-bond acceptors (Lipinski definition) is 9. The Hall–Kier alpha value is -3.77. The third-order valence-electron chi connectivity index (χ3n) is 6.76. The molecule has 39 heavy (non-hydrogen) atoms. The molecule has 0 unspecified atom stereocenters. The highest BCUT2D eigenvalue weighted by atomic mass is 35.5. The zero-order valence-corrected chi connectivity index (χ0v) is 23.1. The van der Waals surface area contributed by atoms with E-state index in [1.54, 1.807) is 23.2 Å². The molecule has 0 aromatic carbocycles. The zero-order chi connectivity index (χ0) is 27.7. The van der Waals surface area contributed by atoms with Crippen LogP contribution in [0.5, 0.6) is 5.75 Å². The molecule has 3 N–H and O–H groups in total. The first-order valence-corrected chi connectivity index (χ1v) is 13.1. The maximum atomic E-state index is 12.9. The van der Waals surface area contributed by atoms with E-state index in [1.807, 2.05) is 13.1 Å². The molecule has 13 heteroatoms. The van der Waals surface area contributed by atoms with Crippen LogP contribution in [0.2, 0.25) is 5.02 Å². The number of rotatable bonds is 8. The summed E-state index contributed by atoms with van der Waals surface area (Å²) in [4.78, 5) is 15.3. The van der Waals surface area contributed by atoms with Crippen LogP contribution in [0, 0.1) is 5.41 Å². The van der Waals surface area contributed by atoms with Gasteiger partial charge < -0.3 is 25.3 Å². The molecule has 2 aliphatic heterocycles. The second kappa shape index (κ2) is 10.8. The van der Waals surface area contributed by atoms with Gasteiger partial charge in [-0.3, -0.25) is 14.6 Å². The Kier molecular flexibility index (Phi) is 7.41. The van der Waals surface area contributed by atoms with E-state index < -0.39 is 0 Å². The molecular formula is C26H32ClFN10O. The largest absolute Gasteiger partial charge is 0.450 e. The van der Waals surface area contributed by atoms with E-state index in [-0.39, 0.29) is 29.6 Å². The second-order valence-corrected chi connectivity index (χ2v) is 10.9. The first-order chi connectivity index (χ1) is 18.7. The lowest BCUT2D eigenvalue weighted by atomic mass is 9.91. The smallest absolute Gasteiger partial charge is 0.210 e. The molecule has 5 rings (SSSR count). The van der Waals surface area contributed by atoms with Gasteiger partial charge >= 0.3 is 0 Å². The summed E-state index contributed by atoms with van der Waals surface area (Å²) < 4.78 is 22.7. The molecule has 0 spiro atoms. The predicted octanol–water partition coefficient (Wildman–Crippen LogP) is 4.46. The normalized spacial score (nSPS) is 19.0. The molecule has 206 valence electrons. The summed E-state index contributed by atoms with van der Waals surface area (Å²) in [5.74, 6) is 1.70. The Morgan fingerprint density at radius 2 is 2.21 bits per heavy atom. The molecule has 1 atom stereocenters. The van der Waals surface area contributed by atoms with Crippen molar-refractivity contribution in [1.29, 1.82) is 5.41 Å². The quantitative estimate of drug-likeness (QED) is 0.277. The first kappa shape index (κ1) is 26.8. The first-order valence-electron chi connectivity index (χ1n) is 12.7. The number of aliphatic imine (C=N–C) groups is 1. The topological polar surface area (TPSA) is 121 Å². The molecule has 0 aliphatic carbocycles. The van der Waals surface area contributed by atoms with Gasteiger partial charge in [-0.15, -0.1) is 0 Å². The van der Waals surface area contributed by atoms with Gasteiger partial charge in [0.15, 0.2) is 23.0 Å². The molecule has 0 amide bonds. The number of imidazole rings is 1. The molecule has 3 aromatic rings. The third kappa shape index (κ3) is 5.39. The lowest BCUT2D eigenvalue weighted by Crippen LogP contribution is -2.26. The van der Waals surface area contributed by atoms with E-state index in [9.17, 15) is 4.39 Å². The van der Waals surface area contributed by atoms with E-state index in [0.29, 0.717) is 40.2 Å². The fraction of sp³-hybridized carbons (Fsp3) is 0.423. The maximum Gasteiger partial charge on any atom is 0.210 e. The molecule has 5 heterocycles. The van der Waals surface area contributed by atoms with Crippen molar-refractivity contribution in [3.8, 4) is 5.75 Å². The van der Waals surface area contributed by atoms with Crippen molar-refractivity contribution in [1.82, 2.24) is 34.5 Å². The van der Waals surface area contributed by atoms with Crippen LogP contribution in [0.3, 0.4) is 0 Å². The molecule has 0 bridgehead atoms. The molecule has 0 saturated carbocycles. The van der Waals surface area contributed by atoms with Crippen LogP contribution < -0.4 is 15.4 Å². The Morgan fingerprint density at radius 3 is 2.90 bits per heavy atom. The number of alkyl halides is 1. The van der Waals surface area contributed by atoms with Gasteiger partial charge in [-0.25, -0.2) is 9.37 Å². The van der Waals surface area contributed by atoms with E-state index >= 15 is 0 Å². The number of fused-ring (bicyclic) bond motifs is 1. The van der Waals surface area contributed by atoms with Crippen LogP contribution in [0.4, 0.5) is 16.2 Å². The Balaban J connectivity index is 1.44. The van der Waals surface area contributed by atoms with Crippen molar-refractivity contribution in [2.75, 3.05) is 31.6 Å². The van der Waals surface area contributed by atoms with E-state index in [1.165, 1.54) is 6.20 Å². The van der Waals surface area contributed by atoms with Crippen LogP contribution in [0.15, 0.2) is 41.1 Å². The number of nitrogens with zero attached hydrogens (tertiary/aromatic N) is 7. The monoisotopic (exact) mass is 554 g/mol. The van der Waals surface area contributed by atoms with Crippen LogP contribution >= 0.6 is 11.6 Å². The highest BCUT2D eigenvalue weighted by Gasteiger charge is 2.30. The SMILES string of the molecule is Cn1c(Nc2cc(C(C)(C)C)n([C@H]3CCN(CCF)C3)n2)nc2ncc(O/C(C=N)=C3\C=NC=CN3)c(Cl)c21. The van der Waals surface area contributed by atoms with Crippen molar-refractivity contribution in [3.05, 3.63) is 46.8 Å². The summed E-state index contributed by atoms with van der Waals surface area (Å²) in [7, 11) is 1.83. The molecule has 1 saturated heterocycles. The number of halogens is 2. The summed E-state index contributed by atoms with van der Waals surface area (Å²) in [6.45, 7) is 8.20. The standard InChI is InChI=1S/C26H32ClFN10O/c1-26(2,3)20-11-21(35-38(20)16-5-9-37(15-16)10-6-28)33-25-34-24-23(36(25)4)22(27)19(14-32-24)39-18(12-29)17-13-30-7-8-31-17/h7-8,11-14,16,29,31H,5-6,9-10,15H2,1-4H3,(H,32,33,34,35)/b18-17+,29-12?/t16-/m0/s1. The molecule has 2 aliphatic rings. The van der Waals surface area contributed by atoms with E-state index in [4.69, 9.17) is 26.8 Å². The zero-order valence-electron chi connectivity index (χ0n) is 22.4. The lowest BCUT2D eigenvalue weighted by molar-refractivity contribution is 0.282. The van der Waals surface area contributed by atoms with Crippen molar-refractivity contribution >= 4 is 47.0 Å². The number of anilines is 2. The predicted molar refractivity (Wildman–Crippen MR) is 151 cm³/mol. The number of aromatic nitrogens is 5. The van der Waals surface area contributed by atoms with Gasteiger partial charge in [-0.1, -0.05) is 32.4 Å². The number of hydrogen-bond donors (Lipinski definition) is 3. The van der Waals surface area contributed by atoms with Crippen molar-refractivity contribution in [2.24, 2.45) is 12.0 Å². The summed E-state index contributed by atoms with van der Waals surface area (Å²) >= 11 is 6.75.